The largest absolute Gasteiger partial charge is 0.401 e. The maximum atomic E-state index is 12.6. The summed E-state index contributed by atoms with van der Waals surface area (Å²) in [5.74, 6) is 1.75. The van der Waals surface area contributed by atoms with E-state index in [0.29, 0.717) is 26.1 Å². The molecule has 7 heteroatoms. The third-order valence-corrected chi connectivity index (χ3v) is 7.94. The number of alkyl halides is 4. The van der Waals surface area contributed by atoms with Gasteiger partial charge in [-0.25, -0.2) is 0 Å². The zero-order valence-corrected chi connectivity index (χ0v) is 16.7. The molecule has 1 N–H and O–H groups in total. The van der Waals surface area contributed by atoms with E-state index >= 15 is 0 Å². The standard InChI is InChI=1S/C19H28BrF3N2O/c20-18-6-14-3-15(7-18)5-17(4-14,11-18)8-16(26)24-9-13-1-2-25(10-13)12-19(21,22)23/h13-15H,1-12H2,(H,24,26). The first-order valence-electron chi connectivity index (χ1n) is 9.87. The number of nitrogens with one attached hydrogen (secondary N) is 1. The number of likely N-dealkylation sites (tertiary alicyclic amines) is 1. The van der Waals surface area contributed by atoms with Gasteiger partial charge in [-0.1, -0.05) is 15.9 Å². The highest BCUT2D eigenvalue weighted by molar-refractivity contribution is 9.10. The van der Waals surface area contributed by atoms with E-state index in [-0.39, 0.29) is 21.6 Å². The number of carbonyl (C=O) groups excluding carboxylic acids is 1. The van der Waals surface area contributed by atoms with E-state index in [1.165, 1.54) is 37.0 Å². The van der Waals surface area contributed by atoms with E-state index in [0.717, 1.165) is 24.7 Å². The molecule has 3 atom stereocenters. The highest BCUT2D eigenvalue weighted by Gasteiger charge is 2.57. The van der Waals surface area contributed by atoms with Crippen LogP contribution in [-0.4, -0.2) is 47.5 Å². The van der Waals surface area contributed by atoms with Gasteiger partial charge in [-0.05, 0) is 74.7 Å². The number of carbonyl (C=O) groups is 1. The van der Waals surface area contributed by atoms with Crippen LogP contribution in [0.15, 0.2) is 0 Å². The van der Waals surface area contributed by atoms with Gasteiger partial charge in [0.25, 0.3) is 0 Å². The topological polar surface area (TPSA) is 32.3 Å². The zero-order chi connectivity index (χ0) is 18.6. The Morgan fingerprint density at radius 3 is 2.50 bits per heavy atom. The summed E-state index contributed by atoms with van der Waals surface area (Å²) in [6.07, 6.45) is 4.47. The van der Waals surface area contributed by atoms with Crippen LogP contribution in [0.3, 0.4) is 0 Å². The van der Waals surface area contributed by atoms with Crippen molar-refractivity contribution in [1.82, 2.24) is 10.2 Å². The fourth-order valence-corrected chi connectivity index (χ4v) is 8.19. The molecular formula is C19H28BrF3N2O. The summed E-state index contributed by atoms with van der Waals surface area (Å²) in [4.78, 5) is 14.0. The molecule has 0 aromatic carbocycles. The molecular weight excluding hydrogens is 409 g/mol. The van der Waals surface area contributed by atoms with Crippen molar-refractivity contribution in [2.45, 2.75) is 61.9 Å². The molecule has 4 aliphatic carbocycles. The molecule has 1 saturated heterocycles. The average molecular weight is 437 g/mol. The molecule has 3 unspecified atom stereocenters. The fourth-order valence-electron chi connectivity index (χ4n) is 6.68. The minimum Gasteiger partial charge on any atom is -0.356 e. The van der Waals surface area contributed by atoms with Crippen LogP contribution in [-0.2, 0) is 4.79 Å². The Bertz CT molecular complexity index is 553. The maximum absolute atomic E-state index is 12.6. The SMILES string of the molecule is O=C(CC12CC3CC(CC(Br)(C3)C1)C2)NCC1CCN(CC(F)(F)F)C1. The molecule has 0 spiro atoms. The summed E-state index contributed by atoms with van der Waals surface area (Å²) in [5.41, 5.74) is 0.148. The van der Waals surface area contributed by atoms with Crippen molar-refractivity contribution in [3.63, 3.8) is 0 Å². The number of halogens is 4. The summed E-state index contributed by atoms with van der Waals surface area (Å²) in [5, 5.41) is 3.03. The molecule has 3 nitrogen and oxygen atoms in total. The predicted octanol–water partition coefficient (Wildman–Crippen LogP) is 4.11. The molecule has 0 radical (unpaired) electrons. The molecule has 148 valence electrons. The van der Waals surface area contributed by atoms with E-state index in [4.69, 9.17) is 0 Å². The quantitative estimate of drug-likeness (QED) is 0.657. The van der Waals surface area contributed by atoms with E-state index in [2.05, 4.69) is 21.2 Å². The first-order chi connectivity index (χ1) is 12.1. The second-order valence-corrected chi connectivity index (χ2v) is 11.3. The third-order valence-electron chi connectivity index (χ3n) is 7.01. The first kappa shape index (κ1) is 19.0. The smallest absolute Gasteiger partial charge is 0.356 e. The van der Waals surface area contributed by atoms with Crippen molar-refractivity contribution in [2.75, 3.05) is 26.2 Å². The van der Waals surface area contributed by atoms with E-state index in [9.17, 15) is 18.0 Å². The lowest BCUT2D eigenvalue weighted by atomic mass is 9.48. The molecule has 4 saturated carbocycles. The summed E-state index contributed by atoms with van der Waals surface area (Å²) >= 11 is 3.98. The van der Waals surface area contributed by atoms with Crippen LogP contribution in [0.5, 0.6) is 0 Å². The van der Waals surface area contributed by atoms with Gasteiger partial charge in [-0.15, -0.1) is 0 Å². The van der Waals surface area contributed by atoms with Gasteiger partial charge in [0.2, 0.25) is 5.91 Å². The molecule has 0 aromatic rings. The van der Waals surface area contributed by atoms with Crippen LogP contribution in [0.25, 0.3) is 0 Å². The second kappa shape index (κ2) is 6.64. The third kappa shape index (κ3) is 4.23. The van der Waals surface area contributed by atoms with Gasteiger partial charge >= 0.3 is 6.18 Å². The lowest BCUT2D eigenvalue weighted by molar-refractivity contribution is -0.144. The molecule has 1 amide bonds. The molecule has 1 heterocycles. The molecule has 5 rings (SSSR count). The predicted molar refractivity (Wildman–Crippen MR) is 97.0 cm³/mol. The zero-order valence-electron chi connectivity index (χ0n) is 15.1. The molecule has 1 aliphatic heterocycles. The Kier molecular flexibility index (Phi) is 4.86. The Hall–Kier alpha value is -0.300. The van der Waals surface area contributed by atoms with Gasteiger partial charge in [0.1, 0.15) is 0 Å². The van der Waals surface area contributed by atoms with Gasteiger partial charge in [-0.3, -0.25) is 9.69 Å². The fraction of sp³-hybridized carbons (Fsp3) is 0.947. The van der Waals surface area contributed by atoms with E-state index in [1.54, 1.807) is 0 Å². The summed E-state index contributed by atoms with van der Waals surface area (Å²) in [6.45, 7) is 0.575. The van der Waals surface area contributed by atoms with Crippen molar-refractivity contribution in [2.24, 2.45) is 23.2 Å². The van der Waals surface area contributed by atoms with Crippen molar-refractivity contribution in [1.29, 1.82) is 0 Å². The first-order valence-corrected chi connectivity index (χ1v) is 10.7. The normalized spacial score (nSPS) is 42.4. The van der Waals surface area contributed by atoms with E-state index < -0.39 is 12.7 Å². The Labute approximate surface area is 161 Å². The number of hydrogen-bond donors (Lipinski definition) is 1. The lowest BCUT2D eigenvalue weighted by Crippen LogP contribution is -2.54. The average Bonchev–Trinajstić information content (AvgIpc) is 2.87. The van der Waals surface area contributed by atoms with Crippen LogP contribution < -0.4 is 5.32 Å². The molecule has 5 fully saturated rings. The molecule has 26 heavy (non-hydrogen) atoms. The van der Waals surface area contributed by atoms with E-state index in [1.807, 2.05) is 0 Å². The van der Waals surface area contributed by atoms with Crippen molar-refractivity contribution in [3.8, 4) is 0 Å². The number of hydrogen-bond acceptors (Lipinski definition) is 2. The van der Waals surface area contributed by atoms with Gasteiger partial charge in [0, 0.05) is 23.8 Å². The van der Waals surface area contributed by atoms with Gasteiger partial charge < -0.3 is 5.32 Å². The van der Waals surface area contributed by atoms with Crippen molar-refractivity contribution < 1.29 is 18.0 Å². The van der Waals surface area contributed by atoms with Crippen LogP contribution >= 0.6 is 15.9 Å². The lowest BCUT2D eigenvalue weighted by Gasteiger charge is -2.60. The van der Waals surface area contributed by atoms with Crippen LogP contribution in [0.2, 0.25) is 0 Å². The Morgan fingerprint density at radius 2 is 1.88 bits per heavy atom. The highest BCUT2D eigenvalue weighted by atomic mass is 79.9. The van der Waals surface area contributed by atoms with Crippen LogP contribution in [0, 0.1) is 23.2 Å². The molecule has 4 bridgehead atoms. The summed E-state index contributed by atoms with van der Waals surface area (Å²) < 4.78 is 37.7. The number of amides is 1. The maximum Gasteiger partial charge on any atom is 0.401 e. The summed E-state index contributed by atoms with van der Waals surface area (Å²) in [6, 6.07) is 0. The van der Waals surface area contributed by atoms with Crippen LogP contribution in [0.4, 0.5) is 13.2 Å². The van der Waals surface area contributed by atoms with Gasteiger partial charge in [0.05, 0.1) is 6.54 Å². The Balaban J connectivity index is 1.25. The Morgan fingerprint density at radius 1 is 1.19 bits per heavy atom. The minimum atomic E-state index is -4.14. The van der Waals surface area contributed by atoms with Crippen molar-refractivity contribution in [3.05, 3.63) is 0 Å². The highest BCUT2D eigenvalue weighted by Crippen LogP contribution is 2.65. The minimum absolute atomic E-state index is 0.0947. The molecule has 5 aliphatic rings. The number of nitrogens with zero attached hydrogens (tertiary/aromatic N) is 1. The van der Waals surface area contributed by atoms with Gasteiger partial charge in [0.15, 0.2) is 0 Å². The van der Waals surface area contributed by atoms with Crippen LogP contribution in [0.1, 0.15) is 51.4 Å². The summed E-state index contributed by atoms with van der Waals surface area (Å²) in [7, 11) is 0. The monoisotopic (exact) mass is 436 g/mol. The van der Waals surface area contributed by atoms with Crippen molar-refractivity contribution >= 4 is 21.8 Å². The second-order valence-electron chi connectivity index (χ2n) is 9.60. The number of rotatable bonds is 5. The molecule has 0 aromatic heterocycles. The van der Waals surface area contributed by atoms with Gasteiger partial charge in [-0.2, -0.15) is 13.2 Å².